The molecule has 0 radical (unpaired) electrons. The summed E-state index contributed by atoms with van der Waals surface area (Å²) in [5.74, 6) is 0. The fourth-order valence-electron chi connectivity index (χ4n) is 1.62. The molecule has 0 bridgehead atoms. The summed E-state index contributed by atoms with van der Waals surface area (Å²) in [5.41, 5.74) is 0.342. The minimum Gasteiger partial charge on any atom is -0.360 e. The second-order valence-electron chi connectivity index (χ2n) is 5.10. The summed E-state index contributed by atoms with van der Waals surface area (Å²) in [5, 5.41) is 13.4. The van der Waals surface area contributed by atoms with Crippen LogP contribution in [0.15, 0.2) is 0 Å². The van der Waals surface area contributed by atoms with Crippen LogP contribution in [-0.2, 0) is 0 Å². The van der Waals surface area contributed by atoms with E-state index in [0.29, 0.717) is 5.41 Å². The van der Waals surface area contributed by atoms with E-state index in [4.69, 9.17) is 0 Å². The number of nitrogens with zero attached hydrogens (tertiary/aromatic N) is 2. The average Bonchev–Trinajstić information content (AvgIpc) is 2.62. The third-order valence-corrected chi connectivity index (χ3v) is 3.50. The quantitative estimate of drug-likeness (QED) is 0.736. The summed E-state index contributed by atoms with van der Waals surface area (Å²) < 4.78 is 0. The fraction of sp³-hybridized carbons (Fsp3) is 0.833. The Morgan fingerprint density at radius 1 is 1.25 bits per heavy atom. The SMILES string of the molecule is CCCCCC(C)(C)CNc1nnc(C)s1. The first-order valence-electron chi connectivity index (χ1n) is 6.07. The first kappa shape index (κ1) is 13.4. The number of aryl methyl sites for hydroxylation is 1. The molecule has 0 saturated carbocycles. The molecule has 3 nitrogen and oxygen atoms in total. The second kappa shape index (κ2) is 6.18. The zero-order valence-electron chi connectivity index (χ0n) is 10.8. The standard InChI is InChI=1S/C12H23N3S/c1-5-6-7-8-12(3,4)9-13-11-15-14-10(2)16-11/h5-9H2,1-4H3,(H,13,15). The number of hydrogen-bond donors (Lipinski definition) is 1. The highest BCUT2D eigenvalue weighted by Crippen LogP contribution is 2.25. The number of nitrogens with one attached hydrogen (secondary N) is 1. The van der Waals surface area contributed by atoms with E-state index in [9.17, 15) is 0 Å². The minimum absolute atomic E-state index is 0.342. The van der Waals surface area contributed by atoms with Crippen molar-refractivity contribution in [3.05, 3.63) is 5.01 Å². The van der Waals surface area contributed by atoms with Crippen molar-refractivity contribution in [1.82, 2.24) is 10.2 Å². The van der Waals surface area contributed by atoms with Crippen molar-refractivity contribution in [2.24, 2.45) is 5.41 Å². The van der Waals surface area contributed by atoms with Gasteiger partial charge in [0, 0.05) is 6.54 Å². The Bertz CT molecular complexity index is 307. The number of rotatable bonds is 7. The highest BCUT2D eigenvalue weighted by atomic mass is 32.1. The van der Waals surface area contributed by atoms with Gasteiger partial charge >= 0.3 is 0 Å². The third-order valence-electron chi connectivity index (χ3n) is 2.70. The lowest BCUT2D eigenvalue weighted by Gasteiger charge is -2.24. The first-order chi connectivity index (χ1) is 7.53. The average molecular weight is 241 g/mol. The lowest BCUT2D eigenvalue weighted by atomic mass is 9.87. The topological polar surface area (TPSA) is 37.8 Å². The van der Waals surface area contributed by atoms with E-state index in [2.05, 4.69) is 36.3 Å². The Kier molecular flexibility index (Phi) is 5.19. The molecule has 0 aliphatic carbocycles. The van der Waals surface area contributed by atoms with Gasteiger partial charge < -0.3 is 5.32 Å². The second-order valence-corrected chi connectivity index (χ2v) is 6.28. The summed E-state index contributed by atoms with van der Waals surface area (Å²) >= 11 is 1.62. The van der Waals surface area contributed by atoms with Crippen LogP contribution in [0.25, 0.3) is 0 Å². The molecule has 16 heavy (non-hydrogen) atoms. The van der Waals surface area contributed by atoms with Gasteiger partial charge in [-0.25, -0.2) is 0 Å². The smallest absolute Gasteiger partial charge is 0.205 e. The molecule has 0 spiro atoms. The molecule has 0 amide bonds. The monoisotopic (exact) mass is 241 g/mol. The lowest BCUT2D eigenvalue weighted by molar-refractivity contribution is 0.342. The van der Waals surface area contributed by atoms with E-state index >= 15 is 0 Å². The van der Waals surface area contributed by atoms with Gasteiger partial charge in [-0.3, -0.25) is 0 Å². The molecule has 0 unspecified atom stereocenters. The number of anilines is 1. The van der Waals surface area contributed by atoms with E-state index in [-0.39, 0.29) is 0 Å². The predicted molar refractivity (Wildman–Crippen MR) is 71.1 cm³/mol. The van der Waals surface area contributed by atoms with Gasteiger partial charge in [0.2, 0.25) is 5.13 Å². The third kappa shape index (κ3) is 4.92. The van der Waals surface area contributed by atoms with Crippen molar-refractivity contribution in [2.75, 3.05) is 11.9 Å². The molecule has 0 aliphatic rings. The molecule has 1 aromatic rings. The van der Waals surface area contributed by atoms with Crippen LogP contribution < -0.4 is 5.32 Å². The fourth-order valence-corrected chi connectivity index (χ4v) is 2.21. The van der Waals surface area contributed by atoms with Crippen molar-refractivity contribution < 1.29 is 0 Å². The summed E-state index contributed by atoms with van der Waals surface area (Å²) in [7, 11) is 0. The molecular formula is C12H23N3S. The Hall–Kier alpha value is -0.640. The molecule has 0 aliphatic heterocycles. The maximum Gasteiger partial charge on any atom is 0.205 e. The van der Waals surface area contributed by atoms with Gasteiger partial charge in [-0.15, -0.1) is 10.2 Å². The maximum atomic E-state index is 4.07. The minimum atomic E-state index is 0.342. The molecule has 0 saturated heterocycles. The molecule has 0 atom stereocenters. The summed E-state index contributed by atoms with van der Waals surface area (Å²) in [6, 6.07) is 0. The van der Waals surface area contributed by atoms with Gasteiger partial charge in [0.1, 0.15) is 5.01 Å². The van der Waals surface area contributed by atoms with Crippen LogP contribution in [-0.4, -0.2) is 16.7 Å². The van der Waals surface area contributed by atoms with Crippen LogP contribution in [0.3, 0.4) is 0 Å². The Labute approximate surface area is 103 Å². The van der Waals surface area contributed by atoms with Crippen LogP contribution in [0.2, 0.25) is 0 Å². The van der Waals surface area contributed by atoms with Gasteiger partial charge in [0.15, 0.2) is 0 Å². The van der Waals surface area contributed by atoms with E-state index in [1.807, 2.05) is 6.92 Å². The van der Waals surface area contributed by atoms with Crippen molar-refractivity contribution in [2.45, 2.75) is 53.4 Å². The Morgan fingerprint density at radius 3 is 2.56 bits per heavy atom. The lowest BCUT2D eigenvalue weighted by Crippen LogP contribution is -2.23. The highest BCUT2D eigenvalue weighted by Gasteiger charge is 2.17. The molecule has 1 heterocycles. The van der Waals surface area contributed by atoms with E-state index in [1.54, 1.807) is 11.3 Å². The molecule has 0 aromatic carbocycles. The molecule has 92 valence electrons. The molecular weight excluding hydrogens is 218 g/mol. The summed E-state index contributed by atoms with van der Waals surface area (Å²) in [6.45, 7) is 9.82. The number of hydrogen-bond acceptors (Lipinski definition) is 4. The van der Waals surface area contributed by atoms with Gasteiger partial charge in [-0.2, -0.15) is 0 Å². The van der Waals surface area contributed by atoms with Gasteiger partial charge in [0.05, 0.1) is 0 Å². The Balaban J connectivity index is 2.29. The largest absolute Gasteiger partial charge is 0.360 e. The molecule has 0 fully saturated rings. The van der Waals surface area contributed by atoms with Gasteiger partial charge in [-0.05, 0) is 18.8 Å². The van der Waals surface area contributed by atoms with E-state index in [0.717, 1.165) is 16.7 Å². The van der Waals surface area contributed by atoms with Crippen LogP contribution >= 0.6 is 11.3 Å². The molecule has 1 aromatic heterocycles. The van der Waals surface area contributed by atoms with Crippen LogP contribution in [0, 0.1) is 12.3 Å². The number of aromatic nitrogens is 2. The van der Waals surface area contributed by atoms with Crippen molar-refractivity contribution >= 4 is 16.5 Å². The van der Waals surface area contributed by atoms with E-state index in [1.165, 1.54) is 25.7 Å². The van der Waals surface area contributed by atoms with Crippen LogP contribution in [0.5, 0.6) is 0 Å². The Morgan fingerprint density at radius 2 is 2.00 bits per heavy atom. The zero-order chi connectivity index (χ0) is 12.0. The summed E-state index contributed by atoms with van der Waals surface area (Å²) in [6.07, 6.45) is 5.21. The molecule has 1 N–H and O–H groups in total. The van der Waals surface area contributed by atoms with Gasteiger partial charge in [0.25, 0.3) is 0 Å². The number of unbranched alkanes of at least 4 members (excludes halogenated alkanes) is 2. The van der Waals surface area contributed by atoms with Crippen LogP contribution in [0.4, 0.5) is 5.13 Å². The normalized spacial score (nSPS) is 11.8. The van der Waals surface area contributed by atoms with Crippen LogP contribution in [0.1, 0.15) is 51.5 Å². The van der Waals surface area contributed by atoms with Crippen molar-refractivity contribution in [3.63, 3.8) is 0 Å². The first-order valence-corrected chi connectivity index (χ1v) is 6.89. The van der Waals surface area contributed by atoms with E-state index < -0.39 is 0 Å². The zero-order valence-corrected chi connectivity index (χ0v) is 11.7. The summed E-state index contributed by atoms with van der Waals surface area (Å²) in [4.78, 5) is 0. The molecule has 1 rings (SSSR count). The van der Waals surface area contributed by atoms with Crippen molar-refractivity contribution in [3.8, 4) is 0 Å². The molecule has 4 heteroatoms. The van der Waals surface area contributed by atoms with Gasteiger partial charge in [-0.1, -0.05) is 51.4 Å². The van der Waals surface area contributed by atoms with Crippen molar-refractivity contribution in [1.29, 1.82) is 0 Å². The highest BCUT2D eigenvalue weighted by molar-refractivity contribution is 7.15. The maximum absolute atomic E-state index is 4.07. The predicted octanol–water partition coefficient (Wildman–Crippen LogP) is 3.86.